The van der Waals surface area contributed by atoms with Crippen molar-refractivity contribution in [1.29, 1.82) is 0 Å². The normalized spacial score (nSPS) is 11.7. The first-order valence-electron chi connectivity index (χ1n) is 16.6. The van der Waals surface area contributed by atoms with Crippen LogP contribution in [-0.4, -0.2) is 0 Å². The Morgan fingerprint density at radius 1 is 0.408 bits per heavy atom. The van der Waals surface area contributed by atoms with E-state index >= 15 is 0 Å². The molecule has 3 heteroatoms. The van der Waals surface area contributed by atoms with Gasteiger partial charge in [0, 0.05) is 36.8 Å². The van der Waals surface area contributed by atoms with E-state index in [1.54, 1.807) is 0 Å². The summed E-state index contributed by atoms with van der Waals surface area (Å²) in [5, 5.41) is 7.28. The Kier molecular flexibility index (Phi) is 6.39. The van der Waals surface area contributed by atoms with Gasteiger partial charge in [0.1, 0.15) is 11.2 Å². The van der Waals surface area contributed by atoms with Gasteiger partial charge < -0.3 is 9.32 Å². The van der Waals surface area contributed by atoms with Crippen LogP contribution in [-0.2, 0) is 0 Å². The number of hydrogen-bond donors (Lipinski definition) is 0. The van der Waals surface area contributed by atoms with E-state index in [0.717, 1.165) is 44.6 Å². The van der Waals surface area contributed by atoms with Crippen LogP contribution in [0.1, 0.15) is 0 Å². The summed E-state index contributed by atoms with van der Waals surface area (Å²) in [7, 11) is 0. The molecule has 0 atom stereocenters. The number of fused-ring (bicyclic) bond motifs is 7. The van der Waals surface area contributed by atoms with Gasteiger partial charge >= 0.3 is 0 Å². The first-order valence-corrected chi connectivity index (χ1v) is 17.4. The molecule has 2 heterocycles. The minimum absolute atomic E-state index is 0.873. The molecule has 2 nitrogen and oxygen atoms in total. The zero-order chi connectivity index (χ0) is 32.3. The molecule has 0 saturated carbocycles. The van der Waals surface area contributed by atoms with E-state index in [1.807, 2.05) is 17.4 Å². The van der Waals surface area contributed by atoms with Gasteiger partial charge in [-0.15, -0.1) is 11.3 Å². The summed E-state index contributed by atoms with van der Waals surface area (Å²) in [5.41, 5.74) is 9.79. The van der Waals surface area contributed by atoms with Gasteiger partial charge in [0.15, 0.2) is 0 Å². The van der Waals surface area contributed by atoms with Crippen molar-refractivity contribution in [2.75, 3.05) is 4.90 Å². The smallest absolute Gasteiger partial charge is 0.137 e. The fourth-order valence-corrected chi connectivity index (χ4v) is 8.58. The van der Waals surface area contributed by atoms with Crippen LogP contribution in [0.15, 0.2) is 180 Å². The highest BCUT2D eigenvalue weighted by Gasteiger charge is 2.22. The lowest BCUT2D eigenvalue weighted by Gasteiger charge is -2.29. The van der Waals surface area contributed by atoms with Crippen LogP contribution in [0.25, 0.3) is 75.1 Å². The molecule has 10 aromatic rings. The number of benzene rings is 8. The zero-order valence-corrected chi connectivity index (χ0v) is 27.3. The standard InChI is InChI=1S/C46H29NOS/c1-2-13-31-28-33(27-26-30(31)12-1)35-16-3-6-20-39(35)47(40-21-11-23-42-46(40)37-17-4-7-22-41(37)48-42)34-15-9-14-32(29-34)36-19-10-25-44-45(36)38-18-5-8-24-43(38)49-44/h1-29H. The molecule has 0 fully saturated rings. The number of anilines is 3. The minimum Gasteiger partial charge on any atom is -0.456 e. The largest absolute Gasteiger partial charge is 0.456 e. The van der Waals surface area contributed by atoms with Gasteiger partial charge in [0.05, 0.1) is 16.8 Å². The lowest BCUT2D eigenvalue weighted by molar-refractivity contribution is 0.669. The molecular weight excluding hydrogens is 615 g/mol. The molecular formula is C46H29NOS. The predicted octanol–water partition coefficient (Wildman–Crippen LogP) is 13.9. The van der Waals surface area contributed by atoms with Crippen molar-refractivity contribution in [3.05, 3.63) is 176 Å². The van der Waals surface area contributed by atoms with Crippen LogP contribution in [0.2, 0.25) is 0 Å². The Morgan fingerprint density at radius 3 is 2.04 bits per heavy atom. The minimum atomic E-state index is 0.873. The van der Waals surface area contributed by atoms with Crippen LogP contribution in [0.4, 0.5) is 17.1 Å². The van der Waals surface area contributed by atoms with Crippen molar-refractivity contribution in [2.45, 2.75) is 0 Å². The van der Waals surface area contributed by atoms with E-state index in [4.69, 9.17) is 4.42 Å². The fraction of sp³-hybridized carbons (Fsp3) is 0. The van der Waals surface area contributed by atoms with Gasteiger partial charge in [0.25, 0.3) is 0 Å². The van der Waals surface area contributed by atoms with Gasteiger partial charge in [-0.25, -0.2) is 0 Å². The summed E-state index contributed by atoms with van der Waals surface area (Å²) in [6, 6.07) is 63.3. The Balaban J connectivity index is 1.25. The Bertz CT molecular complexity index is 2860. The van der Waals surface area contributed by atoms with E-state index in [0.29, 0.717) is 0 Å². The first-order chi connectivity index (χ1) is 24.3. The molecule has 49 heavy (non-hydrogen) atoms. The van der Waals surface area contributed by atoms with E-state index < -0.39 is 0 Å². The maximum atomic E-state index is 6.43. The van der Waals surface area contributed by atoms with Gasteiger partial charge in [-0.1, -0.05) is 121 Å². The Hall–Kier alpha value is -6.16. The second-order valence-electron chi connectivity index (χ2n) is 12.5. The highest BCUT2D eigenvalue weighted by molar-refractivity contribution is 7.25. The molecule has 0 spiro atoms. The molecule has 0 N–H and O–H groups in total. The summed E-state index contributed by atoms with van der Waals surface area (Å²) in [6.07, 6.45) is 0. The molecule has 0 amide bonds. The molecule has 0 aliphatic heterocycles. The number of nitrogens with zero attached hydrogens (tertiary/aromatic N) is 1. The third-order valence-corrected chi connectivity index (χ3v) is 10.8. The predicted molar refractivity (Wildman–Crippen MR) is 210 cm³/mol. The molecule has 0 aliphatic rings. The average molecular weight is 644 g/mol. The second kappa shape index (κ2) is 11.2. The van der Waals surface area contributed by atoms with Crippen molar-refractivity contribution >= 4 is 81.3 Å². The molecule has 0 aliphatic carbocycles. The number of furan rings is 1. The second-order valence-corrected chi connectivity index (χ2v) is 13.6. The summed E-state index contributed by atoms with van der Waals surface area (Å²) in [6.45, 7) is 0. The molecule has 0 saturated heterocycles. The van der Waals surface area contributed by atoms with E-state index in [9.17, 15) is 0 Å². The van der Waals surface area contributed by atoms with E-state index in [1.165, 1.54) is 47.6 Å². The summed E-state index contributed by atoms with van der Waals surface area (Å²) in [5.74, 6) is 0. The maximum Gasteiger partial charge on any atom is 0.137 e. The monoisotopic (exact) mass is 643 g/mol. The lowest BCUT2D eigenvalue weighted by Crippen LogP contribution is -2.11. The van der Waals surface area contributed by atoms with Crippen molar-refractivity contribution < 1.29 is 4.42 Å². The van der Waals surface area contributed by atoms with E-state index in [-0.39, 0.29) is 0 Å². The zero-order valence-electron chi connectivity index (χ0n) is 26.5. The topological polar surface area (TPSA) is 16.4 Å². The SMILES string of the molecule is c1cc(-c2cccc3sc4ccccc4c23)cc(N(c2ccccc2-c2ccc3ccccc3c2)c2cccc3oc4ccccc4c23)c1. The van der Waals surface area contributed by atoms with Crippen LogP contribution < -0.4 is 4.90 Å². The van der Waals surface area contributed by atoms with Crippen molar-refractivity contribution in [2.24, 2.45) is 0 Å². The van der Waals surface area contributed by atoms with Gasteiger partial charge in [-0.05, 0) is 82.1 Å². The Labute approximate surface area is 287 Å². The number of rotatable bonds is 5. The van der Waals surface area contributed by atoms with Crippen molar-refractivity contribution in [3.8, 4) is 22.3 Å². The molecule has 8 aromatic carbocycles. The van der Waals surface area contributed by atoms with Crippen LogP contribution >= 0.6 is 11.3 Å². The van der Waals surface area contributed by atoms with E-state index in [2.05, 4.69) is 175 Å². The third-order valence-electron chi connectivity index (χ3n) is 9.64. The van der Waals surface area contributed by atoms with Gasteiger partial charge in [0.2, 0.25) is 0 Å². The summed E-state index contributed by atoms with van der Waals surface area (Å²) in [4.78, 5) is 2.42. The number of para-hydroxylation sites is 2. The van der Waals surface area contributed by atoms with Gasteiger partial charge in [-0.2, -0.15) is 0 Å². The maximum absolute atomic E-state index is 6.43. The fourth-order valence-electron chi connectivity index (χ4n) is 7.45. The van der Waals surface area contributed by atoms with Gasteiger partial charge in [-0.3, -0.25) is 0 Å². The quantitative estimate of drug-likeness (QED) is 0.186. The first kappa shape index (κ1) is 27.9. The molecule has 2 aromatic heterocycles. The summed E-state index contributed by atoms with van der Waals surface area (Å²) < 4.78 is 9.04. The molecule has 0 unspecified atom stereocenters. The summed E-state index contributed by atoms with van der Waals surface area (Å²) >= 11 is 1.86. The molecule has 230 valence electrons. The molecule has 0 bridgehead atoms. The Morgan fingerprint density at radius 2 is 1.08 bits per heavy atom. The van der Waals surface area contributed by atoms with Crippen LogP contribution in [0.5, 0.6) is 0 Å². The molecule has 0 radical (unpaired) electrons. The average Bonchev–Trinajstić information content (AvgIpc) is 3.74. The lowest BCUT2D eigenvalue weighted by atomic mass is 9.97. The van der Waals surface area contributed by atoms with Crippen LogP contribution in [0, 0.1) is 0 Å². The van der Waals surface area contributed by atoms with Crippen molar-refractivity contribution in [1.82, 2.24) is 0 Å². The van der Waals surface area contributed by atoms with Crippen molar-refractivity contribution in [3.63, 3.8) is 0 Å². The third kappa shape index (κ3) is 4.55. The number of hydrogen-bond acceptors (Lipinski definition) is 3. The molecule has 10 rings (SSSR count). The van der Waals surface area contributed by atoms with Crippen LogP contribution in [0.3, 0.4) is 0 Å². The highest BCUT2D eigenvalue weighted by Crippen LogP contribution is 2.47. The number of thiophene rings is 1. The highest BCUT2D eigenvalue weighted by atomic mass is 32.1.